The summed E-state index contributed by atoms with van der Waals surface area (Å²) in [5.74, 6) is -0.829. The monoisotopic (exact) mass is 287 g/mol. The zero-order valence-corrected chi connectivity index (χ0v) is 11.3. The zero-order valence-electron chi connectivity index (χ0n) is 10.5. The van der Waals surface area contributed by atoms with Crippen LogP contribution < -0.4 is 5.32 Å². The molecule has 1 heterocycles. The van der Waals surface area contributed by atoms with Crippen LogP contribution in [-0.4, -0.2) is 29.1 Å². The van der Waals surface area contributed by atoms with Gasteiger partial charge in [0, 0.05) is 6.04 Å². The van der Waals surface area contributed by atoms with Crippen LogP contribution in [0.25, 0.3) is 0 Å². The van der Waals surface area contributed by atoms with E-state index in [0.29, 0.717) is 6.42 Å². The maximum Gasteiger partial charge on any atom is 0.308 e. The second kappa shape index (κ2) is 6.14. The van der Waals surface area contributed by atoms with E-state index in [1.807, 2.05) is 0 Å². The molecule has 104 valence electrons. The lowest BCUT2D eigenvalue weighted by molar-refractivity contribution is -0.146. The molecule has 0 aromatic carbocycles. The molecule has 2 atom stereocenters. The van der Waals surface area contributed by atoms with Gasteiger partial charge in [-0.3, -0.25) is 4.79 Å². The SMILES string of the molecule is COC(=O)C1CCCC(Nc2nc(Cl)ncc2F)C1. The molecule has 0 radical (unpaired) electrons. The van der Waals surface area contributed by atoms with Gasteiger partial charge in [0.15, 0.2) is 11.6 Å². The molecule has 19 heavy (non-hydrogen) atoms. The number of ether oxygens (including phenoxy) is 1. The average molecular weight is 288 g/mol. The van der Waals surface area contributed by atoms with Gasteiger partial charge in [-0.25, -0.2) is 9.37 Å². The number of anilines is 1. The van der Waals surface area contributed by atoms with Crippen LogP contribution in [0.4, 0.5) is 10.2 Å². The van der Waals surface area contributed by atoms with Gasteiger partial charge in [0.2, 0.25) is 5.28 Å². The number of aromatic nitrogens is 2. The summed E-state index contributed by atoms with van der Waals surface area (Å²) >= 11 is 5.63. The average Bonchev–Trinajstić information content (AvgIpc) is 2.42. The Bertz CT molecular complexity index is 472. The molecule has 1 aliphatic carbocycles. The van der Waals surface area contributed by atoms with Gasteiger partial charge in [-0.2, -0.15) is 4.98 Å². The fraction of sp³-hybridized carbons (Fsp3) is 0.583. The molecule has 1 fully saturated rings. The van der Waals surface area contributed by atoms with Crippen molar-refractivity contribution in [3.63, 3.8) is 0 Å². The molecular weight excluding hydrogens is 273 g/mol. The zero-order chi connectivity index (χ0) is 13.8. The molecule has 0 aliphatic heterocycles. The first kappa shape index (κ1) is 14.0. The first-order valence-corrected chi connectivity index (χ1v) is 6.50. The highest BCUT2D eigenvalue weighted by molar-refractivity contribution is 6.28. The minimum atomic E-state index is -0.551. The number of methoxy groups -OCH3 is 1. The minimum Gasteiger partial charge on any atom is -0.469 e. The minimum absolute atomic E-state index is 0.00997. The second-order valence-corrected chi connectivity index (χ2v) is 4.90. The summed E-state index contributed by atoms with van der Waals surface area (Å²) in [5.41, 5.74) is 0. The number of hydrogen-bond donors (Lipinski definition) is 1. The largest absolute Gasteiger partial charge is 0.469 e. The third-order valence-electron chi connectivity index (χ3n) is 3.26. The van der Waals surface area contributed by atoms with Gasteiger partial charge < -0.3 is 10.1 Å². The fourth-order valence-electron chi connectivity index (χ4n) is 2.34. The number of nitrogens with one attached hydrogen (secondary N) is 1. The molecule has 2 unspecified atom stereocenters. The Labute approximate surface area is 115 Å². The van der Waals surface area contributed by atoms with Crippen molar-refractivity contribution in [2.45, 2.75) is 31.7 Å². The number of carbonyl (C=O) groups excluding carboxylic acids is 1. The fourth-order valence-corrected chi connectivity index (χ4v) is 2.48. The first-order chi connectivity index (χ1) is 9.10. The van der Waals surface area contributed by atoms with E-state index >= 15 is 0 Å². The predicted molar refractivity (Wildman–Crippen MR) is 68.4 cm³/mol. The number of hydrogen-bond acceptors (Lipinski definition) is 5. The van der Waals surface area contributed by atoms with Crippen LogP contribution in [0.3, 0.4) is 0 Å². The van der Waals surface area contributed by atoms with Crippen molar-refractivity contribution in [2.24, 2.45) is 5.92 Å². The highest BCUT2D eigenvalue weighted by Crippen LogP contribution is 2.27. The van der Waals surface area contributed by atoms with Gasteiger partial charge in [0.1, 0.15) is 0 Å². The van der Waals surface area contributed by atoms with Crippen LogP contribution in [-0.2, 0) is 9.53 Å². The van der Waals surface area contributed by atoms with Crippen LogP contribution in [0.5, 0.6) is 0 Å². The van der Waals surface area contributed by atoms with E-state index in [2.05, 4.69) is 15.3 Å². The highest BCUT2D eigenvalue weighted by atomic mass is 35.5. The summed E-state index contributed by atoms with van der Waals surface area (Å²) in [6.07, 6.45) is 4.18. The number of carbonyl (C=O) groups is 1. The van der Waals surface area contributed by atoms with Crippen molar-refractivity contribution < 1.29 is 13.9 Å². The maximum absolute atomic E-state index is 13.5. The molecular formula is C12H15ClFN3O2. The molecule has 1 aromatic rings. The van der Waals surface area contributed by atoms with E-state index < -0.39 is 5.82 Å². The van der Waals surface area contributed by atoms with E-state index in [1.165, 1.54) is 7.11 Å². The van der Waals surface area contributed by atoms with E-state index in [0.717, 1.165) is 25.5 Å². The molecule has 1 aromatic heterocycles. The third kappa shape index (κ3) is 3.53. The molecule has 5 nitrogen and oxygen atoms in total. The van der Waals surface area contributed by atoms with Crippen LogP contribution in [0.2, 0.25) is 5.28 Å². The molecule has 0 spiro atoms. The van der Waals surface area contributed by atoms with Crippen LogP contribution in [0, 0.1) is 11.7 Å². The summed E-state index contributed by atoms with van der Waals surface area (Å²) in [6.45, 7) is 0. The Kier molecular flexibility index (Phi) is 4.52. The Morgan fingerprint density at radius 1 is 1.58 bits per heavy atom. The lowest BCUT2D eigenvalue weighted by Crippen LogP contribution is -2.32. The lowest BCUT2D eigenvalue weighted by atomic mass is 9.86. The van der Waals surface area contributed by atoms with Crippen molar-refractivity contribution in [1.29, 1.82) is 0 Å². The van der Waals surface area contributed by atoms with Gasteiger partial charge in [0.25, 0.3) is 0 Å². The molecule has 0 saturated heterocycles. The molecule has 0 bridgehead atoms. The normalized spacial score (nSPS) is 22.9. The molecule has 2 rings (SSSR count). The second-order valence-electron chi connectivity index (χ2n) is 4.56. The first-order valence-electron chi connectivity index (χ1n) is 6.12. The quantitative estimate of drug-likeness (QED) is 0.683. The van der Waals surface area contributed by atoms with Crippen molar-refractivity contribution in [1.82, 2.24) is 9.97 Å². The molecule has 1 aliphatic rings. The maximum atomic E-state index is 13.5. The highest BCUT2D eigenvalue weighted by Gasteiger charge is 2.28. The lowest BCUT2D eigenvalue weighted by Gasteiger charge is -2.28. The standard InChI is InChI=1S/C12H15ClFN3O2/c1-19-11(18)7-3-2-4-8(5-7)16-10-9(14)6-15-12(13)17-10/h6-8H,2-5H2,1H3,(H,15,16,17). The summed E-state index contributed by atoms with van der Waals surface area (Å²) in [7, 11) is 1.38. The summed E-state index contributed by atoms with van der Waals surface area (Å²) < 4.78 is 18.3. The predicted octanol–water partition coefficient (Wildman–Crippen LogP) is 2.41. The van der Waals surface area contributed by atoms with E-state index in [1.54, 1.807) is 0 Å². The van der Waals surface area contributed by atoms with Gasteiger partial charge in [-0.05, 0) is 30.9 Å². The van der Waals surface area contributed by atoms with Crippen molar-refractivity contribution in [3.8, 4) is 0 Å². The Balaban J connectivity index is 2.02. The molecule has 1 N–H and O–H groups in total. The van der Waals surface area contributed by atoms with E-state index in [-0.39, 0.29) is 29.0 Å². The summed E-state index contributed by atoms with van der Waals surface area (Å²) in [6, 6.07) is -0.0154. The van der Waals surface area contributed by atoms with Crippen molar-refractivity contribution in [3.05, 3.63) is 17.3 Å². The number of esters is 1. The number of rotatable bonds is 3. The van der Waals surface area contributed by atoms with Gasteiger partial charge in [-0.15, -0.1) is 0 Å². The number of halogens is 2. The van der Waals surface area contributed by atoms with E-state index in [4.69, 9.17) is 16.3 Å². The van der Waals surface area contributed by atoms with Gasteiger partial charge in [-0.1, -0.05) is 6.42 Å². The van der Waals surface area contributed by atoms with Gasteiger partial charge >= 0.3 is 5.97 Å². The smallest absolute Gasteiger partial charge is 0.308 e. The summed E-state index contributed by atoms with van der Waals surface area (Å²) in [4.78, 5) is 18.9. The Morgan fingerprint density at radius 3 is 3.11 bits per heavy atom. The Morgan fingerprint density at radius 2 is 2.37 bits per heavy atom. The van der Waals surface area contributed by atoms with Crippen molar-refractivity contribution >= 4 is 23.4 Å². The van der Waals surface area contributed by atoms with Gasteiger partial charge in [0.05, 0.1) is 19.2 Å². The van der Waals surface area contributed by atoms with Crippen molar-refractivity contribution in [2.75, 3.05) is 12.4 Å². The topological polar surface area (TPSA) is 64.1 Å². The summed E-state index contributed by atoms with van der Waals surface area (Å²) in [5, 5.41) is 2.97. The molecule has 1 saturated carbocycles. The van der Waals surface area contributed by atoms with Crippen LogP contribution in [0.15, 0.2) is 6.20 Å². The third-order valence-corrected chi connectivity index (χ3v) is 3.45. The molecule has 7 heteroatoms. The van der Waals surface area contributed by atoms with E-state index in [9.17, 15) is 9.18 Å². The number of nitrogens with zero attached hydrogens (tertiary/aromatic N) is 2. The van der Waals surface area contributed by atoms with Crippen LogP contribution >= 0.6 is 11.6 Å². The Hall–Kier alpha value is -1.43. The van der Waals surface area contributed by atoms with Crippen LogP contribution in [0.1, 0.15) is 25.7 Å². The molecule has 0 amide bonds.